The van der Waals surface area contributed by atoms with Gasteiger partial charge in [0.2, 0.25) is 18.6 Å². The van der Waals surface area contributed by atoms with Crippen LogP contribution in [0.1, 0.15) is 30.5 Å². The van der Waals surface area contributed by atoms with Gasteiger partial charge in [-0.3, -0.25) is 9.59 Å². The molecule has 6 nitrogen and oxygen atoms in total. The first kappa shape index (κ1) is 18.8. The lowest BCUT2D eigenvalue weighted by Gasteiger charge is -2.25. The predicted molar refractivity (Wildman–Crippen MR) is 103 cm³/mol. The lowest BCUT2D eigenvalue weighted by atomic mass is 10.0. The molecule has 0 radical (unpaired) electrons. The van der Waals surface area contributed by atoms with Crippen LogP contribution >= 0.6 is 0 Å². The van der Waals surface area contributed by atoms with E-state index in [4.69, 9.17) is 9.47 Å². The maximum Gasteiger partial charge on any atom is 0.240 e. The molecular formula is C21H24N2O4. The molecule has 0 unspecified atom stereocenters. The predicted octanol–water partition coefficient (Wildman–Crippen LogP) is 2.96. The van der Waals surface area contributed by atoms with Crippen LogP contribution in [0.25, 0.3) is 0 Å². The molecule has 2 aromatic carbocycles. The van der Waals surface area contributed by atoms with Crippen LogP contribution in [0.15, 0.2) is 36.4 Å². The highest BCUT2D eigenvalue weighted by Crippen LogP contribution is 2.32. The molecule has 2 amide bonds. The van der Waals surface area contributed by atoms with Crippen LogP contribution < -0.4 is 19.7 Å². The Bertz CT molecular complexity index is 863. The van der Waals surface area contributed by atoms with Crippen molar-refractivity contribution in [3.05, 3.63) is 53.1 Å². The zero-order valence-electron chi connectivity index (χ0n) is 15.9. The molecule has 0 atom stereocenters. The summed E-state index contributed by atoms with van der Waals surface area (Å²) in [5.41, 5.74) is 3.76. The Labute approximate surface area is 159 Å². The van der Waals surface area contributed by atoms with E-state index in [2.05, 4.69) is 5.32 Å². The Kier molecular flexibility index (Phi) is 5.64. The molecule has 1 aliphatic rings. The molecule has 0 spiro atoms. The number of para-hydroxylation sites is 1. The Morgan fingerprint density at radius 1 is 1.15 bits per heavy atom. The monoisotopic (exact) mass is 368 g/mol. The second-order valence-corrected chi connectivity index (χ2v) is 6.51. The standard InChI is InChI=1S/C21H24N2O4/c1-4-17-7-5-6-14(2)21(17)23(15(3)24)12-20(25)22-11-16-8-9-18-19(10-16)27-13-26-18/h5-10H,4,11-13H2,1-3H3,(H,22,25). The van der Waals surface area contributed by atoms with Gasteiger partial charge in [0.25, 0.3) is 0 Å². The SMILES string of the molecule is CCc1cccc(C)c1N(CC(=O)NCc1ccc2c(c1)OCO2)C(C)=O. The quantitative estimate of drug-likeness (QED) is 0.851. The molecule has 6 heteroatoms. The minimum atomic E-state index is -0.215. The first-order valence-electron chi connectivity index (χ1n) is 9.01. The molecule has 1 N–H and O–H groups in total. The highest BCUT2D eigenvalue weighted by Gasteiger charge is 2.20. The van der Waals surface area contributed by atoms with Crippen LogP contribution in [0.4, 0.5) is 5.69 Å². The van der Waals surface area contributed by atoms with E-state index in [0.29, 0.717) is 18.0 Å². The van der Waals surface area contributed by atoms with Gasteiger partial charge in [-0.2, -0.15) is 0 Å². The molecule has 0 aromatic heterocycles. The molecule has 0 fully saturated rings. The van der Waals surface area contributed by atoms with Crippen LogP contribution in [-0.4, -0.2) is 25.2 Å². The minimum Gasteiger partial charge on any atom is -0.454 e. The van der Waals surface area contributed by atoms with Crippen molar-refractivity contribution >= 4 is 17.5 Å². The van der Waals surface area contributed by atoms with Crippen molar-refractivity contribution in [1.29, 1.82) is 0 Å². The van der Waals surface area contributed by atoms with Gasteiger partial charge in [-0.1, -0.05) is 31.2 Å². The summed E-state index contributed by atoms with van der Waals surface area (Å²) >= 11 is 0. The zero-order valence-corrected chi connectivity index (χ0v) is 15.9. The Hall–Kier alpha value is -3.02. The largest absolute Gasteiger partial charge is 0.454 e. The summed E-state index contributed by atoms with van der Waals surface area (Å²) in [6.07, 6.45) is 0.791. The third-order valence-electron chi connectivity index (χ3n) is 4.58. The second-order valence-electron chi connectivity index (χ2n) is 6.51. The van der Waals surface area contributed by atoms with Crippen molar-refractivity contribution in [1.82, 2.24) is 5.32 Å². The second kappa shape index (κ2) is 8.12. The maximum atomic E-state index is 12.5. The van der Waals surface area contributed by atoms with Gasteiger partial charge in [0.05, 0.1) is 5.69 Å². The zero-order chi connectivity index (χ0) is 19.4. The van der Waals surface area contributed by atoms with Gasteiger partial charge in [0.15, 0.2) is 11.5 Å². The number of benzene rings is 2. The van der Waals surface area contributed by atoms with E-state index in [1.807, 2.05) is 50.2 Å². The van der Waals surface area contributed by atoms with Crippen molar-refractivity contribution < 1.29 is 19.1 Å². The lowest BCUT2D eigenvalue weighted by molar-refractivity contribution is -0.123. The highest BCUT2D eigenvalue weighted by molar-refractivity contribution is 5.98. The van der Waals surface area contributed by atoms with Crippen LogP contribution in [0.3, 0.4) is 0 Å². The first-order valence-corrected chi connectivity index (χ1v) is 9.01. The molecular weight excluding hydrogens is 344 g/mol. The Balaban J connectivity index is 1.68. The van der Waals surface area contributed by atoms with E-state index in [1.165, 1.54) is 6.92 Å². The average molecular weight is 368 g/mol. The number of aryl methyl sites for hydroxylation is 2. The minimum absolute atomic E-state index is 0.0161. The number of hydrogen-bond donors (Lipinski definition) is 1. The van der Waals surface area contributed by atoms with Crippen LogP contribution in [-0.2, 0) is 22.6 Å². The highest BCUT2D eigenvalue weighted by atomic mass is 16.7. The molecule has 1 heterocycles. The summed E-state index contributed by atoms with van der Waals surface area (Å²) in [7, 11) is 0. The van der Waals surface area contributed by atoms with Gasteiger partial charge in [0.1, 0.15) is 6.54 Å². The van der Waals surface area contributed by atoms with E-state index < -0.39 is 0 Å². The number of nitrogens with zero attached hydrogens (tertiary/aromatic N) is 1. The fourth-order valence-electron chi connectivity index (χ4n) is 3.19. The van der Waals surface area contributed by atoms with Crippen molar-refractivity contribution in [2.75, 3.05) is 18.2 Å². The first-order chi connectivity index (χ1) is 13.0. The summed E-state index contributed by atoms with van der Waals surface area (Å²) < 4.78 is 10.6. The van der Waals surface area contributed by atoms with E-state index in [9.17, 15) is 9.59 Å². The van der Waals surface area contributed by atoms with E-state index in [1.54, 1.807) is 4.90 Å². The molecule has 2 aromatic rings. The molecule has 3 rings (SSSR count). The number of rotatable bonds is 6. The summed E-state index contributed by atoms with van der Waals surface area (Å²) in [5, 5.41) is 2.87. The number of anilines is 1. The van der Waals surface area contributed by atoms with Crippen molar-refractivity contribution in [3.63, 3.8) is 0 Å². The normalized spacial score (nSPS) is 12.0. The number of fused-ring (bicyclic) bond motifs is 1. The van der Waals surface area contributed by atoms with Crippen LogP contribution in [0, 0.1) is 6.92 Å². The van der Waals surface area contributed by atoms with Crippen molar-refractivity contribution in [2.45, 2.75) is 33.7 Å². The number of nitrogens with one attached hydrogen (secondary N) is 1. The van der Waals surface area contributed by atoms with Crippen LogP contribution in [0.2, 0.25) is 0 Å². The van der Waals surface area contributed by atoms with E-state index in [0.717, 1.165) is 28.8 Å². The Morgan fingerprint density at radius 2 is 1.93 bits per heavy atom. The van der Waals surface area contributed by atoms with Gasteiger partial charge in [-0.15, -0.1) is 0 Å². The lowest BCUT2D eigenvalue weighted by Crippen LogP contribution is -2.40. The molecule has 1 aliphatic heterocycles. The number of amides is 2. The fraction of sp³-hybridized carbons (Fsp3) is 0.333. The van der Waals surface area contributed by atoms with Gasteiger partial charge in [-0.25, -0.2) is 0 Å². The van der Waals surface area contributed by atoms with Gasteiger partial charge in [0, 0.05) is 13.5 Å². The maximum absolute atomic E-state index is 12.5. The fourth-order valence-corrected chi connectivity index (χ4v) is 3.19. The van der Waals surface area contributed by atoms with Crippen molar-refractivity contribution in [3.8, 4) is 11.5 Å². The van der Waals surface area contributed by atoms with Crippen molar-refractivity contribution in [2.24, 2.45) is 0 Å². The molecule has 0 saturated heterocycles. The summed E-state index contributed by atoms with van der Waals surface area (Å²) in [5.74, 6) is 1.02. The summed E-state index contributed by atoms with van der Waals surface area (Å²) in [6, 6.07) is 11.5. The number of carbonyl (C=O) groups excluding carboxylic acids is 2. The molecule has 27 heavy (non-hydrogen) atoms. The molecule has 0 saturated carbocycles. The van der Waals surface area contributed by atoms with Crippen LogP contribution in [0.5, 0.6) is 11.5 Å². The Morgan fingerprint density at radius 3 is 2.67 bits per heavy atom. The average Bonchev–Trinajstić information content (AvgIpc) is 3.12. The van der Waals surface area contributed by atoms with Gasteiger partial charge in [-0.05, 0) is 42.2 Å². The van der Waals surface area contributed by atoms with E-state index >= 15 is 0 Å². The van der Waals surface area contributed by atoms with Gasteiger partial charge < -0.3 is 19.7 Å². The topological polar surface area (TPSA) is 67.9 Å². The van der Waals surface area contributed by atoms with E-state index in [-0.39, 0.29) is 25.2 Å². The molecule has 0 bridgehead atoms. The third kappa shape index (κ3) is 4.22. The number of hydrogen-bond acceptors (Lipinski definition) is 4. The number of carbonyl (C=O) groups is 2. The molecule has 0 aliphatic carbocycles. The number of ether oxygens (including phenoxy) is 2. The molecule has 142 valence electrons. The van der Waals surface area contributed by atoms with Gasteiger partial charge >= 0.3 is 0 Å². The summed E-state index contributed by atoms with van der Waals surface area (Å²) in [6.45, 7) is 6.03. The summed E-state index contributed by atoms with van der Waals surface area (Å²) in [4.78, 5) is 26.3. The third-order valence-corrected chi connectivity index (χ3v) is 4.58. The smallest absolute Gasteiger partial charge is 0.240 e.